The van der Waals surface area contributed by atoms with Crippen molar-refractivity contribution in [2.75, 3.05) is 0 Å². The van der Waals surface area contributed by atoms with E-state index in [1.165, 1.54) is 19.3 Å². The van der Waals surface area contributed by atoms with Crippen LogP contribution in [0.1, 0.15) is 47.0 Å². The standard InChI is InChI=1S/C14H26/c1-6-10(3)14-9-13(7-2)11(4)8-12(14)5/h6,10-14H,1,7-9H2,2-5H3/t10-,11-,12+,13+,14+/m1/s1. The average Bonchev–Trinajstić information content (AvgIpc) is 2.17. The molecule has 1 saturated carbocycles. The van der Waals surface area contributed by atoms with E-state index < -0.39 is 0 Å². The molecule has 14 heavy (non-hydrogen) atoms. The van der Waals surface area contributed by atoms with E-state index in [1.54, 1.807) is 0 Å². The molecule has 0 spiro atoms. The van der Waals surface area contributed by atoms with Crippen LogP contribution in [-0.2, 0) is 0 Å². The molecule has 1 rings (SSSR count). The topological polar surface area (TPSA) is 0 Å². The van der Waals surface area contributed by atoms with Gasteiger partial charge in [-0.05, 0) is 42.4 Å². The predicted octanol–water partition coefficient (Wildman–Crippen LogP) is 4.52. The molecule has 0 aromatic rings. The lowest BCUT2D eigenvalue weighted by molar-refractivity contribution is 0.106. The van der Waals surface area contributed by atoms with Crippen LogP contribution in [0.25, 0.3) is 0 Å². The minimum atomic E-state index is 0.701. The van der Waals surface area contributed by atoms with Crippen molar-refractivity contribution in [3.05, 3.63) is 12.7 Å². The number of allylic oxidation sites excluding steroid dienone is 1. The summed E-state index contributed by atoms with van der Waals surface area (Å²) >= 11 is 0. The van der Waals surface area contributed by atoms with Gasteiger partial charge < -0.3 is 0 Å². The molecule has 0 aromatic heterocycles. The molecule has 0 unspecified atom stereocenters. The van der Waals surface area contributed by atoms with Crippen molar-refractivity contribution in [2.45, 2.75) is 47.0 Å². The molecule has 0 N–H and O–H groups in total. The van der Waals surface area contributed by atoms with Gasteiger partial charge in [0, 0.05) is 0 Å². The zero-order valence-corrected chi connectivity index (χ0v) is 10.3. The lowest BCUT2D eigenvalue weighted by Gasteiger charge is -2.40. The summed E-state index contributed by atoms with van der Waals surface area (Å²) in [7, 11) is 0. The van der Waals surface area contributed by atoms with Crippen LogP contribution in [0.4, 0.5) is 0 Å². The highest BCUT2D eigenvalue weighted by atomic mass is 14.4. The summed E-state index contributed by atoms with van der Waals surface area (Å²) in [6.07, 6.45) is 6.34. The molecule has 5 atom stereocenters. The molecule has 1 fully saturated rings. The minimum absolute atomic E-state index is 0.701. The Morgan fingerprint density at radius 1 is 1.29 bits per heavy atom. The molecule has 0 nitrogen and oxygen atoms in total. The number of rotatable bonds is 3. The lowest BCUT2D eigenvalue weighted by Crippen LogP contribution is -2.31. The molecule has 0 heterocycles. The van der Waals surface area contributed by atoms with Crippen molar-refractivity contribution in [1.82, 2.24) is 0 Å². The Morgan fingerprint density at radius 2 is 1.93 bits per heavy atom. The van der Waals surface area contributed by atoms with Gasteiger partial charge in [-0.15, -0.1) is 6.58 Å². The predicted molar refractivity (Wildman–Crippen MR) is 64.2 cm³/mol. The second kappa shape index (κ2) is 5.00. The molecular formula is C14H26. The van der Waals surface area contributed by atoms with Crippen LogP contribution in [-0.4, -0.2) is 0 Å². The largest absolute Gasteiger partial charge is 0.103 e. The maximum Gasteiger partial charge on any atom is -0.0234 e. The van der Waals surface area contributed by atoms with E-state index in [0.717, 1.165) is 23.7 Å². The molecule has 0 radical (unpaired) electrons. The first kappa shape index (κ1) is 11.8. The first-order valence-electron chi connectivity index (χ1n) is 6.22. The molecule has 0 aromatic carbocycles. The van der Waals surface area contributed by atoms with Gasteiger partial charge in [0.25, 0.3) is 0 Å². The molecule has 82 valence electrons. The Balaban J connectivity index is 2.63. The van der Waals surface area contributed by atoms with Crippen molar-refractivity contribution in [3.8, 4) is 0 Å². The summed E-state index contributed by atoms with van der Waals surface area (Å²) in [5.74, 6) is 4.36. The lowest BCUT2D eigenvalue weighted by atomic mass is 9.65. The Kier molecular flexibility index (Phi) is 4.22. The zero-order chi connectivity index (χ0) is 10.7. The van der Waals surface area contributed by atoms with Gasteiger partial charge >= 0.3 is 0 Å². The summed E-state index contributed by atoms with van der Waals surface area (Å²) in [5.41, 5.74) is 0. The van der Waals surface area contributed by atoms with E-state index >= 15 is 0 Å². The van der Waals surface area contributed by atoms with Crippen LogP contribution < -0.4 is 0 Å². The van der Waals surface area contributed by atoms with E-state index in [2.05, 4.69) is 40.3 Å². The first-order chi connectivity index (χ1) is 6.60. The van der Waals surface area contributed by atoms with Crippen molar-refractivity contribution < 1.29 is 0 Å². The van der Waals surface area contributed by atoms with Gasteiger partial charge in [-0.25, -0.2) is 0 Å². The molecule has 0 saturated heterocycles. The first-order valence-corrected chi connectivity index (χ1v) is 6.22. The van der Waals surface area contributed by atoms with Crippen molar-refractivity contribution in [3.63, 3.8) is 0 Å². The van der Waals surface area contributed by atoms with Crippen LogP contribution in [0, 0.1) is 29.6 Å². The maximum atomic E-state index is 3.94. The van der Waals surface area contributed by atoms with Gasteiger partial charge in [0.2, 0.25) is 0 Å². The minimum Gasteiger partial charge on any atom is -0.103 e. The monoisotopic (exact) mass is 194 g/mol. The molecule has 1 aliphatic carbocycles. The Morgan fingerprint density at radius 3 is 2.43 bits per heavy atom. The molecule has 1 aliphatic rings. The van der Waals surface area contributed by atoms with E-state index in [4.69, 9.17) is 0 Å². The van der Waals surface area contributed by atoms with E-state index in [-0.39, 0.29) is 0 Å². The fourth-order valence-corrected chi connectivity index (χ4v) is 3.24. The third-order valence-electron chi connectivity index (χ3n) is 4.43. The van der Waals surface area contributed by atoms with Crippen molar-refractivity contribution in [1.29, 1.82) is 0 Å². The highest BCUT2D eigenvalue weighted by Crippen LogP contribution is 2.42. The van der Waals surface area contributed by atoms with Gasteiger partial charge in [0.15, 0.2) is 0 Å². The SMILES string of the molecule is C=C[C@@H](C)[C@@H]1C[C@H](CC)[C@H](C)C[C@@H]1C. The summed E-state index contributed by atoms with van der Waals surface area (Å²) < 4.78 is 0. The third kappa shape index (κ3) is 2.40. The second-order valence-electron chi connectivity index (χ2n) is 5.35. The van der Waals surface area contributed by atoms with Gasteiger partial charge in [0.05, 0.1) is 0 Å². The van der Waals surface area contributed by atoms with E-state index in [0.29, 0.717) is 5.92 Å². The quantitative estimate of drug-likeness (QED) is 0.580. The Labute approximate surface area is 89.8 Å². The second-order valence-corrected chi connectivity index (χ2v) is 5.35. The van der Waals surface area contributed by atoms with Gasteiger partial charge in [-0.1, -0.05) is 40.2 Å². The fraction of sp³-hybridized carbons (Fsp3) is 0.857. The van der Waals surface area contributed by atoms with Crippen molar-refractivity contribution in [2.24, 2.45) is 29.6 Å². The van der Waals surface area contributed by atoms with Crippen LogP contribution in [0.5, 0.6) is 0 Å². The van der Waals surface area contributed by atoms with E-state index in [9.17, 15) is 0 Å². The average molecular weight is 194 g/mol. The Hall–Kier alpha value is -0.260. The third-order valence-corrected chi connectivity index (χ3v) is 4.43. The van der Waals surface area contributed by atoms with E-state index in [1.807, 2.05) is 0 Å². The van der Waals surface area contributed by atoms with Gasteiger partial charge in [-0.2, -0.15) is 0 Å². The van der Waals surface area contributed by atoms with Gasteiger partial charge in [-0.3, -0.25) is 0 Å². The normalized spacial score (nSPS) is 40.6. The molecule has 0 bridgehead atoms. The fourth-order valence-electron chi connectivity index (χ4n) is 3.24. The summed E-state index contributed by atoms with van der Waals surface area (Å²) in [6.45, 7) is 13.5. The van der Waals surface area contributed by atoms with Crippen LogP contribution in [0.2, 0.25) is 0 Å². The van der Waals surface area contributed by atoms with Crippen LogP contribution in [0.3, 0.4) is 0 Å². The summed E-state index contributed by atoms with van der Waals surface area (Å²) in [4.78, 5) is 0. The maximum absolute atomic E-state index is 3.94. The highest BCUT2D eigenvalue weighted by Gasteiger charge is 2.33. The van der Waals surface area contributed by atoms with Crippen molar-refractivity contribution >= 4 is 0 Å². The zero-order valence-electron chi connectivity index (χ0n) is 10.3. The molecule has 0 aliphatic heterocycles. The highest BCUT2D eigenvalue weighted by molar-refractivity contribution is 4.89. The van der Waals surface area contributed by atoms with Crippen LogP contribution in [0.15, 0.2) is 12.7 Å². The molecular weight excluding hydrogens is 168 g/mol. The number of hydrogen-bond donors (Lipinski definition) is 0. The van der Waals surface area contributed by atoms with Gasteiger partial charge in [0.1, 0.15) is 0 Å². The molecule has 0 heteroatoms. The van der Waals surface area contributed by atoms with Crippen LogP contribution >= 0.6 is 0 Å². The Bertz CT molecular complexity index is 182. The number of hydrogen-bond acceptors (Lipinski definition) is 0. The summed E-state index contributed by atoms with van der Waals surface area (Å²) in [5, 5.41) is 0. The summed E-state index contributed by atoms with van der Waals surface area (Å²) in [6, 6.07) is 0. The molecule has 0 amide bonds. The smallest absolute Gasteiger partial charge is 0.0234 e.